The van der Waals surface area contributed by atoms with E-state index in [-0.39, 0.29) is 5.92 Å². The monoisotopic (exact) mass is 389 g/mol. The minimum atomic E-state index is -1.51. The van der Waals surface area contributed by atoms with E-state index in [4.69, 9.17) is 21.7 Å². The van der Waals surface area contributed by atoms with Gasteiger partial charge in [-0.15, -0.1) is 0 Å². The third-order valence-corrected chi connectivity index (χ3v) is 3.79. The zero-order valence-corrected chi connectivity index (χ0v) is 15.2. The fraction of sp³-hybridized carbons (Fsp3) is 0.667. The van der Waals surface area contributed by atoms with Gasteiger partial charge in [0.25, 0.3) is 0 Å². The number of primary amides is 1. The van der Waals surface area contributed by atoms with Crippen molar-refractivity contribution in [2.45, 2.75) is 44.8 Å². The Labute approximate surface area is 156 Å². The van der Waals surface area contributed by atoms with E-state index in [2.05, 4.69) is 16.0 Å². The molecule has 0 aliphatic carbocycles. The number of aliphatic hydroxyl groups excluding tert-OH is 1. The molecule has 0 rings (SSSR count). The number of hydrogen-bond donors (Lipinski definition) is 7. The molecule has 0 aromatic rings. The molecule has 0 bridgehead atoms. The van der Waals surface area contributed by atoms with E-state index in [9.17, 15) is 24.0 Å². The van der Waals surface area contributed by atoms with Crippen molar-refractivity contribution in [2.75, 3.05) is 13.2 Å². The van der Waals surface area contributed by atoms with Crippen LogP contribution in [-0.4, -0.2) is 71.1 Å². The molecule has 0 saturated carbocycles. The Balaban J connectivity index is 4.83. The lowest BCUT2D eigenvalue weighted by molar-refractivity contribution is -0.143. The molecule has 4 atom stereocenters. The van der Waals surface area contributed by atoms with E-state index in [0.29, 0.717) is 6.42 Å². The molecule has 0 aliphatic heterocycles. The first-order valence-corrected chi connectivity index (χ1v) is 8.28. The molecule has 0 aromatic heterocycles. The summed E-state index contributed by atoms with van der Waals surface area (Å²) in [5.74, 6) is -4.92. The Hall–Kier alpha value is -2.73. The van der Waals surface area contributed by atoms with Gasteiger partial charge in [0.1, 0.15) is 18.1 Å². The Morgan fingerprint density at radius 1 is 1.07 bits per heavy atom. The van der Waals surface area contributed by atoms with Crippen LogP contribution in [0.4, 0.5) is 0 Å². The van der Waals surface area contributed by atoms with Gasteiger partial charge in [-0.2, -0.15) is 0 Å². The van der Waals surface area contributed by atoms with Crippen molar-refractivity contribution in [3.8, 4) is 0 Å². The van der Waals surface area contributed by atoms with Crippen molar-refractivity contribution in [3.63, 3.8) is 0 Å². The Morgan fingerprint density at radius 3 is 2.11 bits per heavy atom. The van der Waals surface area contributed by atoms with Gasteiger partial charge in [0.2, 0.25) is 23.6 Å². The molecule has 9 N–H and O–H groups in total. The minimum Gasteiger partial charge on any atom is -0.480 e. The highest BCUT2D eigenvalue weighted by molar-refractivity contribution is 5.93. The first-order valence-electron chi connectivity index (χ1n) is 8.28. The molecular formula is C15H27N5O7. The molecule has 4 amide bonds. The van der Waals surface area contributed by atoms with E-state index in [1.165, 1.54) is 0 Å². The van der Waals surface area contributed by atoms with Gasteiger partial charge in [-0.05, 0) is 5.92 Å². The molecule has 0 saturated heterocycles. The van der Waals surface area contributed by atoms with Gasteiger partial charge in [0.05, 0.1) is 19.6 Å². The molecule has 12 heteroatoms. The maximum Gasteiger partial charge on any atom is 0.326 e. The first kappa shape index (κ1) is 24.3. The number of aliphatic hydroxyl groups is 1. The summed E-state index contributed by atoms with van der Waals surface area (Å²) in [4.78, 5) is 57.7. The Bertz CT molecular complexity index is 569. The molecule has 0 aromatic carbocycles. The second-order valence-electron chi connectivity index (χ2n) is 6.01. The molecule has 154 valence electrons. The Morgan fingerprint density at radius 2 is 1.67 bits per heavy atom. The number of hydrogen-bond acceptors (Lipinski definition) is 7. The van der Waals surface area contributed by atoms with Crippen molar-refractivity contribution >= 4 is 29.6 Å². The minimum absolute atomic E-state index is 0.301. The van der Waals surface area contributed by atoms with Crippen LogP contribution in [0.2, 0.25) is 0 Å². The van der Waals surface area contributed by atoms with Gasteiger partial charge in [-0.1, -0.05) is 20.3 Å². The van der Waals surface area contributed by atoms with E-state index in [1.807, 2.05) is 0 Å². The lowest BCUT2D eigenvalue weighted by atomic mass is 9.98. The van der Waals surface area contributed by atoms with Gasteiger partial charge in [-0.3, -0.25) is 19.2 Å². The Kier molecular flexibility index (Phi) is 10.6. The summed E-state index contributed by atoms with van der Waals surface area (Å²) in [5, 5.41) is 24.6. The third-order valence-electron chi connectivity index (χ3n) is 3.79. The molecule has 0 aliphatic rings. The van der Waals surface area contributed by atoms with Crippen LogP contribution in [-0.2, 0) is 24.0 Å². The summed E-state index contributed by atoms with van der Waals surface area (Å²) in [6, 6.07) is -3.72. The van der Waals surface area contributed by atoms with E-state index >= 15 is 0 Å². The van der Waals surface area contributed by atoms with Gasteiger partial charge in [0.15, 0.2) is 0 Å². The molecular weight excluding hydrogens is 362 g/mol. The standard InChI is InChI=1S/C15H27N5O7/c1-3-7(2)12(20-13(24)8(16)6-21)14(25)18-5-11(23)19-9(15(26)27)4-10(17)22/h7-9,12,21H,3-6,16H2,1-2H3,(H2,17,22)(H,18,25)(H,19,23)(H,20,24)(H,26,27). The van der Waals surface area contributed by atoms with Gasteiger partial charge in [-0.25, -0.2) is 4.79 Å². The summed E-state index contributed by atoms with van der Waals surface area (Å²) >= 11 is 0. The highest BCUT2D eigenvalue weighted by Gasteiger charge is 2.28. The summed E-state index contributed by atoms with van der Waals surface area (Å²) in [6.45, 7) is 2.31. The topological polar surface area (TPSA) is 214 Å². The third kappa shape index (κ3) is 8.96. The molecule has 4 unspecified atom stereocenters. The number of nitrogens with one attached hydrogen (secondary N) is 3. The van der Waals surface area contributed by atoms with Gasteiger partial charge >= 0.3 is 5.97 Å². The second-order valence-corrected chi connectivity index (χ2v) is 6.01. The lowest BCUT2D eigenvalue weighted by Crippen LogP contribution is -2.56. The summed E-state index contributed by atoms with van der Waals surface area (Å²) in [5.41, 5.74) is 10.3. The van der Waals surface area contributed by atoms with Crippen LogP contribution in [0, 0.1) is 5.92 Å². The highest BCUT2D eigenvalue weighted by Crippen LogP contribution is 2.08. The zero-order valence-electron chi connectivity index (χ0n) is 15.2. The molecule has 12 nitrogen and oxygen atoms in total. The zero-order chi connectivity index (χ0) is 21.1. The fourth-order valence-corrected chi connectivity index (χ4v) is 1.97. The quantitative estimate of drug-likeness (QED) is 0.176. The normalized spacial score (nSPS) is 15.0. The summed E-state index contributed by atoms with van der Waals surface area (Å²) in [7, 11) is 0. The van der Waals surface area contributed by atoms with Crippen LogP contribution in [0.25, 0.3) is 0 Å². The molecule has 0 radical (unpaired) electrons. The average Bonchev–Trinajstić information content (AvgIpc) is 2.61. The number of nitrogens with two attached hydrogens (primary N) is 2. The number of rotatable bonds is 12. The largest absolute Gasteiger partial charge is 0.480 e. The maximum atomic E-state index is 12.3. The predicted octanol–water partition coefficient (Wildman–Crippen LogP) is -3.60. The van der Waals surface area contributed by atoms with Gasteiger partial charge < -0.3 is 37.6 Å². The van der Waals surface area contributed by atoms with E-state index in [1.54, 1.807) is 13.8 Å². The van der Waals surface area contributed by atoms with Crippen molar-refractivity contribution < 1.29 is 34.2 Å². The lowest BCUT2D eigenvalue weighted by Gasteiger charge is -2.24. The second kappa shape index (κ2) is 11.8. The summed E-state index contributed by atoms with van der Waals surface area (Å²) in [6.07, 6.45) is -0.0712. The van der Waals surface area contributed by atoms with Crippen molar-refractivity contribution in [1.29, 1.82) is 0 Å². The number of aliphatic carboxylic acids is 1. The van der Waals surface area contributed by atoms with Crippen LogP contribution in [0.1, 0.15) is 26.7 Å². The van der Waals surface area contributed by atoms with Crippen molar-refractivity contribution in [2.24, 2.45) is 17.4 Å². The van der Waals surface area contributed by atoms with E-state index in [0.717, 1.165) is 0 Å². The maximum absolute atomic E-state index is 12.3. The first-order chi connectivity index (χ1) is 12.5. The highest BCUT2D eigenvalue weighted by atomic mass is 16.4. The number of carboxylic acid groups (broad SMARTS) is 1. The number of carbonyl (C=O) groups excluding carboxylic acids is 4. The van der Waals surface area contributed by atoms with Crippen LogP contribution in [0.15, 0.2) is 0 Å². The van der Waals surface area contributed by atoms with Gasteiger partial charge in [0, 0.05) is 0 Å². The fourth-order valence-electron chi connectivity index (χ4n) is 1.97. The van der Waals surface area contributed by atoms with Crippen LogP contribution in [0.3, 0.4) is 0 Å². The van der Waals surface area contributed by atoms with Crippen LogP contribution >= 0.6 is 0 Å². The average molecular weight is 389 g/mol. The molecule has 0 fully saturated rings. The van der Waals surface area contributed by atoms with Crippen molar-refractivity contribution in [3.05, 3.63) is 0 Å². The number of carbonyl (C=O) groups is 5. The number of amides is 4. The number of carboxylic acids is 1. The van der Waals surface area contributed by atoms with Crippen LogP contribution < -0.4 is 27.4 Å². The predicted molar refractivity (Wildman–Crippen MR) is 92.8 cm³/mol. The molecule has 0 spiro atoms. The smallest absolute Gasteiger partial charge is 0.326 e. The molecule has 0 heterocycles. The van der Waals surface area contributed by atoms with E-state index < -0.39 is 67.3 Å². The van der Waals surface area contributed by atoms with Crippen molar-refractivity contribution in [1.82, 2.24) is 16.0 Å². The van der Waals surface area contributed by atoms with Crippen LogP contribution in [0.5, 0.6) is 0 Å². The molecule has 27 heavy (non-hydrogen) atoms. The SMILES string of the molecule is CCC(C)C(NC(=O)C(N)CO)C(=O)NCC(=O)NC(CC(N)=O)C(=O)O. The summed E-state index contributed by atoms with van der Waals surface area (Å²) < 4.78 is 0.